The Morgan fingerprint density at radius 3 is 2.21 bits per heavy atom. The van der Waals surface area contributed by atoms with Gasteiger partial charge in [0.05, 0.1) is 10.6 Å². The molecule has 1 aliphatic heterocycles. The molecule has 1 amide bonds. The molecule has 0 saturated carbocycles. The molecular formula is C25H26FN3O4S. The maximum absolute atomic E-state index is 14.0. The SMILES string of the molecule is O=C(COc1ccc(S(=O)(=O)NCc2ccccc2)cc1)N1CCN(c2ccccc2F)CC1. The summed E-state index contributed by atoms with van der Waals surface area (Å²) in [4.78, 5) is 16.3. The molecule has 0 bridgehead atoms. The molecule has 0 spiro atoms. The molecule has 1 heterocycles. The number of carbonyl (C=O) groups is 1. The molecule has 3 aromatic carbocycles. The summed E-state index contributed by atoms with van der Waals surface area (Å²) in [5, 5.41) is 0. The van der Waals surface area contributed by atoms with Gasteiger partial charge in [0.2, 0.25) is 10.0 Å². The third-order valence-corrected chi connectivity index (χ3v) is 7.05. The predicted octanol–water partition coefficient (Wildman–Crippen LogP) is 3.03. The van der Waals surface area contributed by atoms with Crippen molar-refractivity contribution in [3.05, 3.63) is 90.2 Å². The number of para-hydroxylation sites is 1. The lowest BCUT2D eigenvalue weighted by Crippen LogP contribution is -2.50. The van der Waals surface area contributed by atoms with Gasteiger partial charge in [-0.25, -0.2) is 17.5 Å². The number of ether oxygens (including phenoxy) is 1. The Morgan fingerprint density at radius 2 is 1.53 bits per heavy atom. The van der Waals surface area contributed by atoms with Crippen LogP contribution in [0.25, 0.3) is 0 Å². The maximum Gasteiger partial charge on any atom is 0.260 e. The van der Waals surface area contributed by atoms with E-state index in [-0.39, 0.29) is 29.8 Å². The van der Waals surface area contributed by atoms with Crippen molar-refractivity contribution < 1.29 is 22.3 Å². The van der Waals surface area contributed by atoms with Crippen LogP contribution in [0.15, 0.2) is 83.8 Å². The number of sulfonamides is 1. The van der Waals surface area contributed by atoms with Gasteiger partial charge < -0.3 is 14.5 Å². The number of benzene rings is 3. The molecule has 1 fully saturated rings. The minimum absolute atomic E-state index is 0.117. The third-order valence-electron chi connectivity index (χ3n) is 5.63. The number of hydrogen-bond donors (Lipinski definition) is 1. The Kier molecular flexibility index (Phi) is 7.44. The van der Waals surface area contributed by atoms with Gasteiger partial charge in [-0.15, -0.1) is 0 Å². The Morgan fingerprint density at radius 1 is 0.882 bits per heavy atom. The Balaban J connectivity index is 1.25. The van der Waals surface area contributed by atoms with Crippen molar-refractivity contribution in [2.45, 2.75) is 11.4 Å². The van der Waals surface area contributed by atoms with E-state index in [0.29, 0.717) is 37.6 Å². The van der Waals surface area contributed by atoms with Gasteiger partial charge in [-0.2, -0.15) is 0 Å². The quantitative estimate of drug-likeness (QED) is 0.533. The fourth-order valence-corrected chi connectivity index (χ4v) is 4.73. The second kappa shape index (κ2) is 10.7. The number of piperazine rings is 1. The minimum atomic E-state index is -3.67. The van der Waals surface area contributed by atoms with Crippen LogP contribution in [0.2, 0.25) is 0 Å². The molecule has 9 heteroatoms. The fraction of sp³-hybridized carbons (Fsp3) is 0.240. The first-order chi connectivity index (χ1) is 16.4. The average molecular weight is 484 g/mol. The van der Waals surface area contributed by atoms with Gasteiger partial charge in [0.25, 0.3) is 5.91 Å². The molecule has 1 N–H and O–H groups in total. The predicted molar refractivity (Wildman–Crippen MR) is 128 cm³/mol. The van der Waals surface area contributed by atoms with Crippen molar-refractivity contribution in [1.82, 2.24) is 9.62 Å². The normalized spacial score (nSPS) is 14.1. The summed E-state index contributed by atoms with van der Waals surface area (Å²) in [6.45, 7) is 2.06. The van der Waals surface area contributed by atoms with Gasteiger partial charge >= 0.3 is 0 Å². The summed E-state index contributed by atoms with van der Waals surface area (Å²) in [6, 6.07) is 21.8. The molecule has 1 aliphatic rings. The second-order valence-corrected chi connectivity index (χ2v) is 9.66. The number of nitrogens with zero attached hydrogens (tertiary/aromatic N) is 2. The van der Waals surface area contributed by atoms with Crippen molar-refractivity contribution in [3.63, 3.8) is 0 Å². The molecule has 0 atom stereocenters. The van der Waals surface area contributed by atoms with Gasteiger partial charge in [0.1, 0.15) is 11.6 Å². The zero-order valence-corrected chi connectivity index (χ0v) is 19.4. The van der Waals surface area contributed by atoms with E-state index in [0.717, 1.165) is 5.56 Å². The fourth-order valence-electron chi connectivity index (χ4n) is 3.71. The molecular weight excluding hydrogens is 457 g/mol. The van der Waals surface area contributed by atoms with Crippen LogP contribution >= 0.6 is 0 Å². The summed E-state index contributed by atoms with van der Waals surface area (Å²) in [6.07, 6.45) is 0. The minimum Gasteiger partial charge on any atom is -0.484 e. The zero-order chi connectivity index (χ0) is 24.0. The highest BCUT2D eigenvalue weighted by atomic mass is 32.2. The van der Waals surface area contributed by atoms with Crippen LogP contribution < -0.4 is 14.4 Å². The molecule has 0 unspecified atom stereocenters. The standard InChI is InChI=1S/C25H26FN3O4S/c26-23-8-4-5-9-24(23)28-14-16-29(17-15-28)25(30)19-33-21-10-12-22(13-11-21)34(31,32)27-18-20-6-2-1-3-7-20/h1-13,27H,14-19H2. The van der Waals surface area contributed by atoms with E-state index < -0.39 is 10.0 Å². The van der Waals surface area contributed by atoms with Crippen LogP contribution in [-0.2, 0) is 21.4 Å². The monoisotopic (exact) mass is 483 g/mol. The smallest absolute Gasteiger partial charge is 0.260 e. The molecule has 1 saturated heterocycles. The van der Waals surface area contributed by atoms with Gasteiger partial charge in [-0.1, -0.05) is 42.5 Å². The molecule has 0 aromatic heterocycles. The van der Waals surface area contributed by atoms with Crippen LogP contribution in [0.4, 0.5) is 10.1 Å². The van der Waals surface area contributed by atoms with Crippen LogP contribution in [-0.4, -0.2) is 52.0 Å². The number of rotatable bonds is 8. The van der Waals surface area contributed by atoms with Crippen molar-refractivity contribution in [3.8, 4) is 5.75 Å². The van der Waals surface area contributed by atoms with E-state index in [1.807, 2.05) is 35.2 Å². The Labute approximate surface area is 198 Å². The molecule has 3 aromatic rings. The topological polar surface area (TPSA) is 78.9 Å². The average Bonchev–Trinajstić information content (AvgIpc) is 2.87. The lowest BCUT2D eigenvalue weighted by atomic mass is 10.2. The van der Waals surface area contributed by atoms with Gasteiger partial charge in [0.15, 0.2) is 6.61 Å². The van der Waals surface area contributed by atoms with Crippen molar-refractivity contribution in [2.75, 3.05) is 37.7 Å². The third kappa shape index (κ3) is 5.92. The molecule has 7 nitrogen and oxygen atoms in total. The van der Waals surface area contributed by atoms with E-state index in [1.54, 1.807) is 23.1 Å². The van der Waals surface area contributed by atoms with Crippen LogP contribution in [0.5, 0.6) is 5.75 Å². The Bertz CT molecular complexity index is 1210. The first-order valence-electron chi connectivity index (χ1n) is 11.0. The first-order valence-corrected chi connectivity index (χ1v) is 12.4. The number of carbonyl (C=O) groups excluding carboxylic acids is 1. The highest BCUT2D eigenvalue weighted by Gasteiger charge is 2.23. The largest absolute Gasteiger partial charge is 0.484 e. The van der Waals surface area contributed by atoms with Gasteiger partial charge in [0, 0.05) is 32.7 Å². The lowest BCUT2D eigenvalue weighted by molar-refractivity contribution is -0.133. The van der Waals surface area contributed by atoms with Gasteiger partial charge in [-0.05, 0) is 42.0 Å². The molecule has 178 valence electrons. The van der Waals surface area contributed by atoms with Crippen molar-refractivity contribution in [1.29, 1.82) is 0 Å². The zero-order valence-electron chi connectivity index (χ0n) is 18.6. The highest BCUT2D eigenvalue weighted by Crippen LogP contribution is 2.20. The first kappa shape index (κ1) is 23.7. The molecule has 4 rings (SSSR count). The highest BCUT2D eigenvalue weighted by molar-refractivity contribution is 7.89. The molecule has 0 radical (unpaired) electrons. The summed E-state index contributed by atoms with van der Waals surface area (Å²) in [7, 11) is -3.67. The molecule has 34 heavy (non-hydrogen) atoms. The van der Waals surface area contributed by atoms with Crippen LogP contribution in [0.3, 0.4) is 0 Å². The van der Waals surface area contributed by atoms with Gasteiger partial charge in [-0.3, -0.25) is 4.79 Å². The van der Waals surface area contributed by atoms with E-state index in [4.69, 9.17) is 4.74 Å². The van der Waals surface area contributed by atoms with Crippen molar-refractivity contribution in [2.24, 2.45) is 0 Å². The summed E-state index contributed by atoms with van der Waals surface area (Å²) < 4.78 is 47.1. The lowest BCUT2D eigenvalue weighted by Gasteiger charge is -2.36. The number of halogens is 1. The number of hydrogen-bond acceptors (Lipinski definition) is 5. The number of anilines is 1. The molecule has 0 aliphatic carbocycles. The summed E-state index contributed by atoms with van der Waals surface area (Å²) in [5.41, 5.74) is 1.40. The number of nitrogens with one attached hydrogen (secondary N) is 1. The van der Waals surface area contributed by atoms with Crippen molar-refractivity contribution >= 4 is 21.6 Å². The second-order valence-electron chi connectivity index (χ2n) is 7.89. The van der Waals surface area contributed by atoms with Crippen LogP contribution in [0.1, 0.15) is 5.56 Å². The van der Waals surface area contributed by atoms with Crippen LogP contribution in [0, 0.1) is 5.82 Å². The van der Waals surface area contributed by atoms with E-state index in [1.165, 1.54) is 30.3 Å². The van der Waals surface area contributed by atoms with E-state index >= 15 is 0 Å². The summed E-state index contributed by atoms with van der Waals surface area (Å²) >= 11 is 0. The maximum atomic E-state index is 14.0. The van der Waals surface area contributed by atoms with E-state index in [9.17, 15) is 17.6 Å². The Hall–Kier alpha value is -3.43. The number of amides is 1. The summed E-state index contributed by atoms with van der Waals surface area (Å²) in [5.74, 6) is -0.0406. The van der Waals surface area contributed by atoms with E-state index in [2.05, 4.69) is 4.72 Å².